The van der Waals surface area contributed by atoms with Crippen LogP contribution in [0.4, 0.5) is 0 Å². The summed E-state index contributed by atoms with van der Waals surface area (Å²) in [6, 6.07) is 13.2. The molecule has 1 N–H and O–H groups in total. The Bertz CT molecular complexity index is 1240. The maximum Gasteiger partial charge on any atom is 0.262 e. The molecule has 2 aromatic heterocycles. The highest BCUT2D eigenvalue weighted by molar-refractivity contribution is 5.80. The van der Waals surface area contributed by atoms with Gasteiger partial charge in [-0.05, 0) is 37.3 Å². The van der Waals surface area contributed by atoms with Gasteiger partial charge in [0, 0.05) is 18.7 Å². The summed E-state index contributed by atoms with van der Waals surface area (Å²) < 4.78 is 14.3. The Hall–Kier alpha value is -3.39. The van der Waals surface area contributed by atoms with Gasteiger partial charge in [0.2, 0.25) is 5.78 Å². The highest BCUT2D eigenvalue weighted by Gasteiger charge is 2.17. The maximum atomic E-state index is 12.6. The first kappa shape index (κ1) is 18.9. The highest BCUT2D eigenvalue weighted by atomic mass is 16.5. The highest BCUT2D eigenvalue weighted by Crippen LogP contribution is 2.29. The minimum atomic E-state index is -0.0884. The molecule has 150 valence electrons. The van der Waals surface area contributed by atoms with Crippen molar-refractivity contribution in [3.63, 3.8) is 0 Å². The smallest absolute Gasteiger partial charge is 0.262 e. The van der Waals surface area contributed by atoms with Crippen molar-refractivity contribution in [2.75, 3.05) is 14.2 Å². The Balaban J connectivity index is 1.70. The zero-order valence-corrected chi connectivity index (χ0v) is 16.8. The first-order valence-electron chi connectivity index (χ1n) is 9.32. The second kappa shape index (κ2) is 7.56. The summed E-state index contributed by atoms with van der Waals surface area (Å²) in [5, 5.41) is 12.7. The molecule has 8 heteroatoms. The van der Waals surface area contributed by atoms with Gasteiger partial charge < -0.3 is 14.8 Å². The van der Waals surface area contributed by atoms with Gasteiger partial charge >= 0.3 is 0 Å². The molecular formula is C21H23N5O3. The number of benzene rings is 2. The van der Waals surface area contributed by atoms with Crippen LogP contribution in [-0.4, -0.2) is 33.4 Å². The number of hydrogen-bond acceptors (Lipinski definition) is 6. The van der Waals surface area contributed by atoms with Crippen molar-refractivity contribution >= 4 is 16.7 Å². The van der Waals surface area contributed by atoms with Crippen molar-refractivity contribution < 1.29 is 9.47 Å². The van der Waals surface area contributed by atoms with Gasteiger partial charge in [0.1, 0.15) is 11.5 Å². The minimum Gasteiger partial charge on any atom is -0.497 e. The molecule has 0 spiro atoms. The predicted molar refractivity (Wildman–Crippen MR) is 111 cm³/mol. The molecule has 0 saturated heterocycles. The summed E-state index contributed by atoms with van der Waals surface area (Å²) in [7, 11) is 5.00. The monoisotopic (exact) mass is 393 g/mol. The van der Waals surface area contributed by atoms with E-state index in [0.717, 1.165) is 28.4 Å². The Labute approximate surface area is 167 Å². The molecule has 0 aliphatic rings. The van der Waals surface area contributed by atoms with Crippen molar-refractivity contribution in [2.24, 2.45) is 7.05 Å². The first-order valence-corrected chi connectivity index (χ1v) is 9.32. The lowest BCUT2D eigenvalue weighted by molar-refractivity contribution is 0.391. The summed E-state index contributed by atoms with van der Waals surface area (Å²) >= 11 is 0. The molecule has 1 unspecified atom stereocenters. The van der Waals surface area contributed by atoms with E-state index in [9.17, 15) is 4.79 Å². The van der Waals surface area contributed by atoms with Crippen molar-refractivity contribution in [3.8, 4) is 11.5 Å². The van der Waals surface area contributed by atoms with Gasteiger partial charge in [0.05, 0.1) is 31.7 Å². The minimum absolute atomic E-state index is 0.0220. The Morgan fingerprint density at radius 3 is 2.66 bits per heavy atom. The number of nitrogens with zero attached hydrogens (tertiary/aromatic N) is 4. The van der Waals surface area contributed by atoms with Crippen molar-refractivity contribution in [2.45, 2.75) is 19.5 Å². The fraction of sp³-hybridized carbons (Fsp3) is 0.286. The van der Waals surface area contributed by atoms with Gasteiger partial charge in [-0.15, -0.1) is 10.2 Å². The molecule has 4 rings (SSSR count). The van der Waals surface area contributed by atoms with E-state index in [1.54, 1.807) is 21.3 Å². The van der Waals surface area contributed by atoms with Gasteiger partial charge in [0.15, 0.2) is 5.82 Å². The van der Waals surface area contributed by atoms with Crippen molar-refractivity contribution in [1.29, 1.82) is 0 Å². The number of rotatable bonds is 6. The molecule has 0 aliphatic carbocycles. The topological polar surface area (TPSA) is 82.7 Å². The molecule has 0 saturated carbocycles. The standard InChI is InChI=1S/C21H23N5O3/c1-13(16-11-14(28-3)9-10-18(16)29-4)22-12-19-23-24-21-25(2)20(27)15-7-5-6-8-17(15)26(19)21/h5-11,13,22H,12H2,1-4H3. The molecule has 2 heterocycles. The van der Waals surface area contributed by atoms with E-state index in [-0.39, 0.29) is 11.6 Å². The third-order valence-electron chi connectivity index (χ3n) is 5.16. The second-order valence-electron chi connectivity index (χ2n) is 6.84. The molecule has 2 aromatic carbocycles. The summed E-state index contributed by atoms with van der Waals surface area (Å²) in [6.45, 7) is 2.51. The zero-order chi connectivity index (χ0) is 20.5. The number of aromatic nitrogens is 4. The van der Waals surface area contributed by atoms with E-state index in [0.29, 0.717) is 17.7 Å². The van der Waals surface area contributed by atoms with Crippen LogP contribution in [0.3, 0.4) is 0 Å². The van der Waals surface area contributed by atoms with Crippen LogP contribution in [0.25, 0.3) is 16.7 Å². The van der Waals surface area contributed by atoms with Crippen LogP contribution in [0.5, 0.6) is 11.5 Å². The largest absolute Gasteiger partial charge is 0.497 e. The Morgan fingerprint density at radius 2 is 1.90 bits per heavy atom. The number of ether oxygens (including phenoxy) is 2. The lowest BCUT2D eigenvalue weighted by Gasteiger charge is -2.18. The van der Waals surface area contributed by atoms with Gasteiger partial charge in [-0.25, -0.2) is 0 Å². The van der Waals surface area contributed by atoms with E-state index < -0.39 is 0 Å². The molecule has 1 atom stereocenters. The lowest BCUT2D eigenvalue weighted by Crippen LogP contribution is -2.23. The van der Waals surface area contributed by atoms with Gasteiger partial charge in [-0.1, -0.05) is 12.1 Å². The molecule has 0 radical (unpaired) electrons. The van der Waals surface area contributed by atoms with Crippen LogP contribution in [0.15, 0.2) is 47.3 Å². The second-order valence-corrected chi connectivity index (χ2v) is 6.84. The summed E-state index contributed by atoms with van der Waals surface area (Å²) in [5.74, 6) is 2.78. The normalized spacial score (nSPS) is 12.4. The van der Waals surface area contributed by atoms with E-state index in [2.05, 4.69) is 15.5 Å². The average Bonchev–Trinajstić information content (AvgIpc) is 3.19. The number of hydrogen-bond donors (Lipinski definition) is 1. The molecule has 0 bridgehead atoms. The molecule has 29 heavy (non-hydrogen) atoms. The third kappa shape index (κ3) is 3.21. The number of aryl methyl sites for hydroxylation is 1. The quantitative estimate of drug-likeness (QED) is 0.542. The summed E-state index contributed by atoms with van der Waals surface area (Å²) in [5.41, 5.74) is 1.69. The van der Waals surface area contributed by atoms with Crippen molar-refractivity contribution in [3.05, 3.63) is 64.2 Å². The molecule has 0 fully saturated rings. The summed E-state index contributed by atoms with van der Waals surface area (Å²) in [6.07, 6.45) is 0. The van der Waals surface area contributed by atoms with E-state index >= 15 is 0 Å². The van der Waals surface area contributed by atoms with Crippen LogP contribution in [0.1, 0.15) is 24.4 Å². The molecule has 4 aromatic rings. The van der Waals surface area contributed by atoms with Gasteiger partial charge in [0.25, 0.3) is 5.56 Å². The molecule has 8 nitrogen and oxygen atoms in total. The molecule has 0 aliphatic heterocycles. The molecular weight excluding hydrogens is 370 g/mol. The number of para-hydroxylation sites is 1. The van der Waals surface area contributed by atoms with Gasteiger partial charge in [-0.2, -0.15) is 0 Å². The average molecular weight is 393 g/mol. The van der Waals surface area contributed by atoms with Crippen LogP contribution in [0, 0.1) is 0 Å². The summed E-state index contributed by atoms with van der Waals surface area (Å²) in [4.78, 5) is 12.6. The van der Waals surface area contributed by atoms with E-state index in [1.807, 2.05) is 53.8 Å². The van der Waals surface area contributed by atoms with Crippen LogP contribution in [0.2, 0.25) is 0 Å². The fourth-order valence-electron chi connectivity index (χ4n) is 3.54. The van der Waals surface area contributed by atoms with Gasteiger partial charge in [-0.3, -0.25) is 13.8 Å². The fourth-order valence-corrected chi connectivity index (χ4v) is 3.54. The maximum absolute atomic E-state index is 12.6. The number of methoxy groups -OCH3 is 2. The van der Waals surface area contributed by atoms with E-state index in [4.69, 9.17) is 9.47 Å². The Kier molecular flexibility index (Phi) is 4.94. The van der Waals surface area contributed by atoms with Crippen LogP contribution < -0.4 is 20.3 Å². The van der Waals surface area contributed by atoms with Crippen LogP contribution >= 0.6 is 0 Å². The number of fused-ring (bicyclic) bond motifs is 3. The number of nitrogens with one attached hydrogen (secondary N) is 1. The first-order chi connectivity index (χ1) is 14.0. The third-order valence-corrected chi connectivity index (χ3v) is 5.16. The predicted octanol–water partition coefficient (Wildman–Crippen LogP) is 2.45. The molecule has 0 amide bonds. The van der Waals surface area contributed by atoms with E-state index in [1.165, 1.54) is 4.57 Å². The van der Waals surface area contributed by atoms with Crippen LogP contribution in [-0.2, 0) is 13.6 Å². The zero-order valence-electron chi connectivity index (χ0n) is 16.8. The Morgan fingerprint density at radius 1 is 1.10 bits per heavy atom. The SMILES string of the molecule is COc1ccc(OC)c(C(C)NCc2nnc3n(C)c(=O)c4ccccc4n23)c1. The van der Waals surface area contributed by atoms with Crippen molar-refractivity contribution in [1.82, 2.24) is 24.5 Å². The lowest BCUT2D eigenvalue weighted by atomic mass is 10.1.